The number of carbonyl (C=O) groups is 1. The maximum absolute atomic E-state index is 12.0. The van der Waals surface area contributed by atoms with Gasteiger partial charge in [0.25, 0.3) is 0 Å². The molecule has 0 radical (unpaired) electrons. The van der Waals surface area contributed by atoms with Crippen LogP contribution in [0.2, 0.25) is 0 Å². The molecule has 1 atom stereocenters. The van der Waals surface area contributed by atoms with E-state index in [1.165, 1.54) is 0 Å². The molecular formula is C14H26N2O2. The predicted octanol–water partition coefficient (Wildman–Crippen LogP) is 1.14. The first-order valence-electron chi connectivity index (χ1n) is 7.25. The lowest BCUT2D eigenvalue weighted by molar-refractivity contribution is -0.127. The van der Waals surface area contributed by atoms with Crippen molar-refractivity contribution in [2.45, 2.75) is 58.0 Å². The highest BCUT2D eigenvalue weighted by molar-refractivity contribution is 5.81. The summed E-state index contributed by atoms with van der Waals surface area (Å²) < 4.78 is 0. The second kappa shape index (κ2) is 5.57. The van der Waals surface area contributed by atoms with E-state index in [9.17, 15) is 9.90 Å². The van der Waals surface area contributed by atoms with Gasteiger partial charge < -0.3 is 10.4 Å². The molecule has 104 valence electrons. The van der Waals surface area contributed by atoms with Gasteiger partial charge in [0, 0.05) is 12.6 Å². The monoisotopic (exact) mass is 254 g/mol. The standard InChI is InChI=1S/C14H26N2O2/c1-3-14(10-17)6-8-16(9-7-14)11(2)13(18)15-12-4-5-12/h11-12,17H,3-10H2,1-2H3,(H,15,18). The van der Waals surface area contributed by atoms with Crippen LogP contribution in [0.25, 0.3) is 0 Å². The Kier molecular flexibility index (Phi) is 4.28. The highest BCUT2D eigenvalue weighted by Crippen LogP contribution is 2.34. The summed E-state index contributed by atoms with van der Waals surface area (Å²) in [6.07, 6.45) is 5.31. The van der Waals surface area contributed by atoms with Gasteiger partial charge in [-0.1, -0.05) is 6.92 Å². The Morgan fingerprint density at radius 2 is 2.06 bits per heavy atom. The zero-order chi connectivity index (χ0) is 13.2. The molecule has 0 spiro atoms. The van der Waals surface area contributed by atoms with Crippen LogP contribution >= 0.6 is 0 Å². The summed E-state index contributed by atoms with van der Waals surface area (Å²) in [6, 6.07) is 0.413. The fraction of sp³-hybridized carbons (Fsp3) is 0.929. The quantitative estimate of drug-likeness (QED) is 0.773. The number of hydrogen-bond donors (Lipinski definition) is 2. The molecule has 1 heterocycles. The van der Waals surface area contributed by atoms with E-state index in [-0.39, 0.29) is 24.0 Å². The number of amides is 1. The van der Waals surface area contributed by atoms with Gasteiger partial charge in [-0.3, -0.25) is 9.69 Å². The Hall–Kier alpha value is -0.610. The number of hydrogen-bond acceptors (Lipinski definition) is 3. The van der Waals surface area contributed by atoms with Gasteiger partial charge in [0.2, 0.25) is 5.91 Å². The van der Waals surface area contributed by atoms with E-state index in [2.05, 4.69) is 17.1 Å². The average molecular weight is 254 g/mol. The van der Waals surface area contributed by atoms with Crippen LogP contribution in [-0.4, -0.2) is 47.7 Å². The number of carbonyl (C=O) groups excluding carboxylic acids is 1. The molecule has 0 aromatic rings. The average Bonchev–Trinajstić information content (AvgIpc) is 3.22. The van der Waals surface area contributed by atoms with E-state index in [1.54, 1.807) is 0 Å². The lowest BCUT2D eigenvalue weighted by Gasteiger charge is -2.42. The van der Waals surface area contributed by atoms with Crippen LogP contribution in [0.5, 0.6) is 0 Å². The normalized spacial score (nSPS) is 25.7. The molecule has 1 aliphatic carbocycles. The molecule has 2 aliphatic rings. The van der Waals surface area contributed by atoms with Crippen LogP contribution in [0, 0.1) is 5.41 Å². The summed E-state index contributed by atoms with van der Waals surface area (Å²) in [5, 5.41) is 12.6. The van der Waals surface area contributed by atoms with E-state index >= 15 is 0 Å². The van der Waals surface area contributed by atoms with Gasteiger partial charge in [0.1, 0.15) is 0 Å². The number of nitrogens with one attached hydrogen (secondary N) is 1. The number of likely N-dealkylation sites (tertiary alicyclic amines) is 1. The predicted molar refractivity (Wildman–Crippen MR) is 71.2 cm³/mol. The highest BCUT2D eigenvalue weighted by atomic mass is 16.3. The third-order valence-corrected chi connectivity index (χ3v) is 4.80. The Morgan fingerprint density at radius 1 is 1.44 bits per heavy atom. The molecule has 2 N–H and O–H groups in total. The van der Waals surface area contributed by atoms with Gasteiger partial charge in [-0.15, -0.1) is 0 Å². The molecule has 2 fully saturated rings. The van der Waals surface area contributed by atoms with Crippen molar-refractivity contribution >= 4 is 5.91 Å². The smallest absolute Gasteiger partial charge is 0.237 e. The molecule has 2 rings (SSSR count). The number of aliphatic hydroxyl groups excluding tert-OH is 1. The first kappa shape index (κ1) is 13.8. The zero-order valence-electron chi connectivity index (χ0n) is 11.6. The molecule has 0 bridgehead atoms. The maximum atomic E-state index is 12.0. The second-order valence-electron chi connectivity index (χ2n) is 6.01. The van der Waals surface area contributed by atoms with Gasteiger partial charge in [-0.05, 0) is 57.5 Å². The number of nitrogens with zero attached hydrogens (tertiary/aromatic N) is 1. The van der Waals surface area contributed by atoms with Crippen molar-refractivity contribution in [3.8, 4) is 0 Å². The zero-order valence-corrected chi connectivity index (χ0v) is 11.6. The van der Waals surface area contributed by atoms with Gasteiger partial charge >= 0.3 is 0 Å². The third kappa shape index (κ3) is 3.04. The molecule has 1 amide bonds. The minimum absolute atomic E-state index is 0.0286. The Morgan fingerprint density at radius 3 is 2.50 bits per heavy atom. The van der Waals surface area contributed by atoms with Gasteiger partial charge in [0.05, 0.1) is 6.04 Å². The van der Waals surface area contributed by atoms with Crippen molar-refractivity contribution in [1.82, 2.24) is 10.2 Å². The molecule has 1 aliphatic heterocycles. The minimum Gasteiger partial charge on any atom is -0.396 e. The van der Waals surface area contributed by atoms with Gasteiger partial charge in [-0.2, -0.15) is 0 Å². The second-order valence-corrected chi connectivity index (χ2v) is 6.01. The fourth-order valence-corrected chi connectivity index (χ4v) is 2.72. The maximum Gasteiger partial charge on any atom is 0.237 e. The molecule has 18 heavy (non-hydrogen) atoms. The van der Waals surface area contributed by atoms with Crippen LogP contribution in [0.4, 0.5) is 0 Å². The molecule has 0 aromatic heterocycles. The van der Waals surface area contributed by atoms with Crippen LogP contribution in [-0.2, 0) is 4.79 Å². The van der Waals surface area contributed by atoms with E-state index in [4.69, 9.17) is 0 Å². The largest absolute Gasteiger partial charge is 0.396 e. The summed E-state index contributed by atoms with van der Waals surface area (Å²) in [6.45, 7) is 6.27. The van der Waals surface area contributed by atoms with E-state index in [0.29, 0.717) is 6.04 Å². The van der Waals surface area contributed by atoms with Gasteiger partial charge in [-0.25, -0.2) is 0 Å². The Bertz CT molecular complexity index is 288. The summed E-state index contributed by atoms with van der Waals surface area (Å²) >= 11 is 0. The van der Waals surface area contributed by atoms with Crippen molar-refractivity contribution in [3.63, 3.8) is 0 Å². The van der Waals surface area contributed by atoms with Crippen molar-refractivity contribution in [1.29, 1.82) is 0 Å². The third-order valence-electron chi connectivity index (χ3n) is 4.80. The molecule has 1 unspecified atom stereocenters. The van der Waals surface area contributed by atoms with Crippen molar-refractivity contribution in [2.75, 3.05) is 19.7 Å². The van der Waals surface area contributed by atoms with Crippen LogP contribution in [0.1, 0.15) is 46.0 Å². The number of piperidine rings is 1. The first-order valence-corrected chi connectivity index (χ1v) is 7.25. The Balaban J connectivity index is 1.82. The first-order chi connectivity index (χ1) is 8.60. The minimum atomic E-state index is -0.0286. The fourth-order valence-electron chi connectivity index (χ4n) is 2.72. The lowest BCUT2D eigenvalue weighted by Crippen LogP contribution is -2.51. The number of rotatable bonds is 5. The molecule has 4 nitrogen and oxygen atoms in total. The summed E-state index contributed by atoms with van der Waals surface area (Å²) in [7, 11) is 0. The van der Waals surface area contributed by atoms with Crippen LogP contribution in [0.15, 0.2) is 0 Å². The molecule has 4 heteroatoms. The SMILES string of the molecule is CCC1(CO)CCN(C(C)C(=O)NC2CC2)CC1. The summed E-state index contributed by atoms with van der Waals surface area (Å²) in [5.41, 5.74) is 0.100. The summed E-state index contributed by atoms with van der Waals surface area (Å²) in [4.78, 5) is 14.2. The molecule has 0 aromatic carbocycles. The lowest BCUT2D eigenvalue weighted by atomic mass is 9.76. The molecule has 1 saturated heterocycles. The summed E-state index contributed by atoms with van der Waals surface area (Å²) in [5.74, 6) is 0.172. The van der Waals surface area contributed by atoms with Gasteiger partial charge in [0.15, 0.2) is 0 Å². The van der Waals surface area contributed by atoms with E-state index in [0.717, 1.165) is 45.2 Å². The van der Waals surface area contributed by atoms with Crippen LogP contribution < -0.4 is 5.32 Å². The molecule has 1 saturated carbocycles. The number of aliphatic hydroxyl groups is 1. The van der Waals surface area contributed by atoms with Crippen molar-refractivity contribution in [3.05, 3.63) is 0 Å². The van der Waals surface area contributed by atoms with Crippen LogP contribution in [0.3, 0.4) is 0 Å². The Labute approximate surface area is 110 Å². The van der Waals surface area contributed by atoms with Crippen molar-refractivity contribution < 1.29 is 9.90 Å². The van der Waals surface area contributed by atoms with Crippen molar-refractivity contribution in [2.24, 2.45) is 5.41 Å². The van der Waals surface area contributed by atoms with E-state index < -0.39 is 0 Å². The molecular weight excluding hydrogens is 228 g/mol. The topological polar surface area (TPSA) is 52.6 Å². The highest BCUT2D eigenvalue weighted by Gasteiger charge is 2.36. The van der Waals surface area contributed by atoms with E-state index in [1.807, 2.05) is 6.92 Å².